The summed E-state index contributed by atoms with van der Waals surface area (Å²) in [5, 5.41) is 3.11. The summed E-state index contributed by atoms with van der Waals surface area (Å²) in [6.07, 6.45) is 0. The summed E-state index contributed by atoms with van der Waals surface area (Å²) in [5.41, 5.74) is 1.69. The van der Waals surface area contributed by atoms with Gasteiger partial charge < -0.3 is 19.5 Å². The number of halogens is 1. The molecule has 0 aliphatic carbocycles. The van der Waals surface area contributed by atoms with E-state index in [0.29, 0.717) is 21.9 Å². The number of esters is 1. The topological polar surface area (TPSA) is 73.9 Å². The Labute approximate surface area is 177 Å². The van der Waals surface area contributed by atoms with Gasteiger partial charge >= 0.3 is 5.97 Å². The number of hydrogen-bond acceptors (Lipinski definition) is 6. The lowest BCUT2D eigenvalue weighted by atomic mass is 10.0. The van der Waals surface area contributed by atoms with E-state index in [0.717, 1.165) is 4.88 Å². The molecule has 30 heavy (non-hydrogen) atoms. The molecule has 2 aromatic carbocycles. The van der Waals surface area contributed by atoms with Gasteiger partial charge in [0.15, 0.2) is 11.5 Å². The standard InChI is InChI=1S/C22H20FNO5S/c1-12-17(13-8-10-14(23)11-9-13)18(22(26)29-4)21(30-12)24-20(25)15-6-5-7-16(27-2)19(15)28-3/h5-11H,1-4H3,(H,24,25). The number of anilines is 1. The zero-order valence-corrected chi connectivity index (χ0v) is 17.7. The van der Waals surface area contributed by atoms with E-state index in [1.807, 2.05) is 6.92 Å². The van der Waals surface area contributed by atoms with Crippen LogP contribution in [-0.4, -0.2) is 33.2 Å². The van der Waals surface area contributed by atoms with Crippen LogP contribution in [0.5, 0.6) is 11.5 Å². The average Bonchev–Trinajstić information content (AvgIpc) is 3.08. The van der Waals surface area contributed by atoms with Crippen LogP contribution in [0, 0.1) is 12.7 Å². The first-order valence-electron chi connectivity index (χ1n) is 8.91. The molecule has 0 aliphatic rings. The second-order valence-corrected chi connectivity index (χ2v) is 7.46. The Balaban J connectivity index is 2.07. The van der Waals surface area contributed by atoms with Gasteiger partial charge in [0.2, 0.25) is 0 Å². The van der Waals surface area contributed by atoms with Crippen molar-refractivity contribution in [3.63, 3.8) is 0 Å². The van der Waals surface area contributed by atoms with Crippen LogP contribution < -0.4 is 14.8 Å². The highest BCUT2D eigenvalue weighted by molar-refractivity contribution is 7.17. The number of carbonyl (C=O) groups excluding carboxylic acids is 2. The van der Waals surface area contributed by atoms with E-state index in [1.165, 1.54) is 44.8 Å². The quantitative estimate of drug-likeness (QED) is 0.563. The maximum Gasteiger partial charge on any atom is 0.341 e. The molecule has 0 aliphatic heterocycles. The van der Waals surface area contributed by atoms with Crippen molar-refractivity contribution < 1.29 is 28.2 Å². The minimum absolute atomic E-state index is 0.210. The average molecular weight is 429 g/mol. The summed E-state index contributed by atoms with van der Waals surface area (Å²) in [6, 6.07) is 10.7. The molecule has 0 fully saturated rings. The predicted molar refractivity (Wildman–Crippen MR) is 113 cm³/mol. The minimum atomic E-state index is -0.605. The van der Waals surface area contributed by atoms with Gasteiger partial charge in [0, 0.05) is 10.4 Å². The SMILES string of the molecule is COC(=O)c1c(NC(=O)c2cccc(OC)c2OC)sc(C)c1-c1ccc(F)cc1. The lowest BCUT2D eigenvalue weighted by Gasteiger charge is -2.13. The molecule has 0 radical (unpaired) electrons. The fraction of sp³-hybridized carbons (Fsp3) is 0.182. The molecule has 0 saturated carbocycles. The van der Waals surface area contributed by atoms with Crippen molar-refractivity contribution in [3.05, 3.63) is 64.3 Å². The highest BCUT2D eigenvalue weighted by Gasteiger charge is 2.26. The first-order chi connectivity index (χ1) is 14.4. The van der Waals surface area contributed by atoms with Gasteiger partial charge in [-0.25, -0.2) is 9.18 Å². The van der Waals surface area contributed by atoms with Crippen molar-refractivity contribution in [1.29, 1.82) is 0 Å². The van der Waals surface area contributed by atoms with Gasteiger partial charge in [0.05, 0.1) is 26.9 Å². The van der Waals surface area contributed by atoms with Gasteiger partial charge in [-0.1, -0.05) is 18.2 Å². The van der Waals surface area contributed by atoms with Gasteiger partial charge in [-0.2, -0.15) is 0 Å². The maximum atomic E-state index is 13.4. The summed E-state index contributed by atoms with van der Waals surface area (Å²) in [6.45, 7) is 1.82. The Morgan fingerprint density at radius 3 is 2.30 bits per heavy atom. The molecule has 1 aromatic heterocycles. The van der Waals surface area contributed by atoms with Gasteiger partial charge in [0.25, 0.3) is 5.91 Å². The molecule has 1 amide bonds. The Morgan fingerprint density at radius 1 is 1.00 bits per heavy atom. The van der Waals surface area contributed by atoms with Crippen molar-refractivity contribution in [2.24, 2.45) is 0 Å². The van der Waals surface area contributed by atoms with Crippen LogP contribution >= 0.6 is 11.3 Å². The monoisotopic (exact) mass is 429 g/mol. The Bertz CT molecular complexity index is 1090. The normalized spacial score (nSPS) is 10.4. The zero-order chi connectivity index (χ0) is 21.8. The van der Waals surface area contributed by atoms with Gasteiger partial charge in [0.1, 0.15) is 16.4 Å². The molecule has 0 spiro atoms. The number of carbonyl (C=O) groups is 2. The van der Waals surface area contributed by atoms with E-state index < -0.39 is 11.9 Å². The molecule has 0 atom stereocenters. The van der Waals surface area contributed by atoms with Crippen LogP contribution in [0.15, 0.2) is 42.5 Å². The molecular formula is C22H20FNO5S. The predicted octanol–water partition coefficient (Wildman–Crippen LogP) is 4.92. The molecule has 3 rings (SSSR count). The summed E-state index contributed by atoms with van der Waals surface area (Å²) in [4.78, 5) is 26.3. The number of nitrogens with one attached hydrogen (secondary N) is 1. The Kier molecular flexibility index (Phi) is 6.37. The van der Waals surface area contributed by atoms with E-state index in [2.05, 4.69) is 5.32 Å². The number of benzene rings is 2. The third-order valence-corrected chi connectivity index (χ3v) is 5.50. The van der Waals surface area contributed by atoms with Crippen LogP contribution in [0.25, 0.3) is 11.1 Å². The lowest BCUT2D eigenvalue weighted by Crippen LogP contribution is -2.15. The lowest BCUT2D eigenvalue weighted by molar-refractivity contribution is 0.0603. The number of hydrogen-bond donors (Lipinski definition) is 1. The fourth-order valence-electron chi connectivity index (χ4n) is 3.13. The van der Waals surface area contributed by atoms with Crippen molar-refractivity contribution in [1.82, 2.24) is 0 Å². The van der Waals surface area contributed by atoms with Gasteiger partial charge in [-0.05, 0) is 36.8 Å². The van der Waals surface area contributed by atoms with E-state index in [1.54, 1.807) is 30.3 Å². The third kappa shape index (κ3) is 3.99. The summed E-state index contributed by atoms with van der Waals surface area (Å²) in [5.74, 6) is -0.767. The second kappa shape index (κ2) is 8.96. The van der Waals surface area contributed by atoms with Crippen molar-refractivity contribution in [2.45, 2.75) is 6.92 Å². The minimum Gasteiger partial charge on any atom is -0.493 e. The van der Waals surface area contributed by atoms with Gasteiger partial charge in [-0.15, -0.1) is 11.3 Å². The first-order valence-corrected chi connectivity index (χ1v) is 9.72. The Morgan fingerprint density at radius 2 is 1.70 bits per heavy atom. The summed E-state index contributed by atoms with van der Waals surface area (Å²) >= 11 is 1.23. The summed E-state index contributed by atoms with van der Waals surface area (Å²) < 4.78 is 28.9. The Hall–Kier alpha value is -3.39. The van der Waals surface area contributed by atoms with Crippen LogP contribution in [-0.2, 0) is 4.74 Å². The van der Waals surface area contributed by atoms with Crippen LogP contribution in [0.4, 0.5) is 9.39 Å². The molecule has 8 heteroatoms. The van der Waals surface area contributed by atoms with E-state index in [9.17, 15) is 14.0 Å². The number of aryl methyl sites for hydroxylation is 1. The van der Waals surface area contributed by atoms with E-state index in [4.69, 9.17) is 14.2 Å². The maximum absolute atomic E-state index is 13.4. The molecule has 0 saturated heterocycles. The smallest absolute Gasteiger partial charge is 0.341 e. The number of ether oxygens (including phenoxy) is 3. The largest absolute Gasteiger partial charge is 0.493 e. The van der Waals surface area contributed by atoms with Crippen LogP contribution in [0.1, 0.15) is 25.6 Å². The van der Waals surface area contributed by atoms with Gasteiger partial charge in [-0.3, -0.25) is 4.79 Å². The van der Waals surface area contributed by atoms with Crippen molar-refractivity contribution >= 4 is 28.2 Å². The zero-order valence-electron chi connectivity index (χ0n) is 16.9. The number of amides is 1. The number of rotatable bonds is 6. The summed E-state index contributed by atoms with van der Waals surface area (Å²) in [7, 11) is 4.18. The molecule has 6 nitrogen and oxygen atoms in total. The number of methoxy groups -OCH3 is 3. The van der Waals surface area contributed by atoms with E-state index in [-0.39, 0.29) is 22.7 Å². The molecule has 0 bridgehead atoms. The second-order valence-electron chi connectivity index (χ2n) is 6.23. The molecular weight excluding hydrogens is 409 g/mol. The van der Waals surface area contributed by atoms with E-state index >= 15 is 0 Å². The molecule has 0 unspecified atom stereocenters. The first kappa shape index (κ1) is 21.3. The molecule has 1 heterocycles. The molecule has 3 aromatic rings. The van der Waals surface area contributed by atoms with Crippen molar-refractivity contribution in [2.75, 3.05) is 26.6 Å². The van der Waals surface area contributed by atoms with Crippen molar-refractivity contribution in [3.8, 4) is 22.6 Å². The highest BCUT2D eigenvalue weighted by Crippen LogP contribution is 2.41. The van der Waals surface area contributed by atoms with Crippen LogP contribution in [0.2, 0.25) is 0 Å². The molecule has 1 N–H and O–H groups in total. The van der Waals surface area contributed by atoms with Crippen LogP contribution in [0.3, 0.4) is 0 Å². The third-order valence-electron chi connectivity index (χ3n) is 4.48. The highest BCUT2D eigenvalue weighted by atomic mass is 32.1. The fourth-order valence-corrected chi connectivity index (χ4v) is 4.19. The number of thiophene rings is 1. The molecule has 156 valence electrons. The number of para-hydroxylation sites is 1.